The van der Waals surface area contributed by atoms with Crippen molar-refractivity contribution in [1.82, 2.24) is 20.0 Å². The number of likely N-dealkylation sites (N-methyl/N-ethyl adjacent to an activating group) is 1. The van der Waals surface area contributed by atoms with Crippen LogP contribution in [-0.4, -0.2) is 84.3 Å². The number of ether oxygens (including phenoxy) is 1. The Morgan fingerprint density at radius 2 is 1.62 bits per heavy atom. The predicted octanol–water partition coefficient (Wildman–Crippen LogP) is 4.32. The van der Waals surface area contributed by atoms with Gasteiger partial charge in [-0.1, -0.05) is 29.3 Å². The highest BCUT2D eigenvalue weighted by molar-refractivity contribution is 6.42. The second-order valence-corrected chi connectivity index (χ2v) is 12.0. The molecule has 5 rings (SSSR count). The molecule has 42 heavy (non-hydrogen) atoms. The molecule has 0 spiro atoms. The van der Waals surface area contributed by atoms with Crippen LogP contribution in [0.1, 0.15) is 37.2 Å². The van der Waals surface area contributed by atoms with Gasteiger partial charge in [0.2, 0.25) is 17.7 Å². The predicted molar refractivity (Wildman–Crippen MR) is 155 cm³/mol. The van der Waals surface area contributed by atoms with Crippen molar-refractivity contribution >= 4 is 47.0 Å². The lowest BCUT2D eigenvalue weighted by atomic mass is 9.92. The minimum atomic E-state index is -0.628. The van der Waals surface area contributed by atoms with Crippen LogP contribution in [-0.2, 0) is 14.4 Å². The number of carbonyl (C=O) groups excluding carboxylic acids is 4. The van der Waals surface area contributed by atoms with E-state index in [1.165, 1.54) is 29.2 Å². The number of carbonyl (C=O) groups is 4. The molecule has 3 atom stereocenters. The summed E-state index contributed by atoms with van der Waals surface area (Å²) in [6.45, 7) is 1.99. The highest BCUT2D eigenvalue weighted by Gasteiger charge is 2.43. The Balaban J connectivity index is 1.26. The molecule has 3 fully saturated rings. The number of likely N-dealkylation sites (tertiary alicyclic amines) is 2. The van der Waals surface area contributed by atoms with Gasteiger partial charge in [-0.2, -0.15) is 0 Å². The minimum Gasteiger partial charge on any atom is -0.410 e. The molecular formula is C30H33Cl2FN4O5. The van der Waals surface area contributed by atoms with E-state index in [1.807, 2.05) is 6.07 Å². The Kier molecular flexibility index (Phi) is 9.22. The summed E-state index contributed by atoms with van der Waals surface area (Å²) in [6, 6.07) is 10.1. The van der Waals surface area contributed by atoms with Crippen molar-refractivity contribution in [3.63, 3.8) is 0 Å². The Labute approximate surface area is 253 Å². The number of benzene rings is 2. The Morgan fingerprint density at radius 1 is 0.929 bits per heavy atom. The first-order valence-corrected chi connectivity index (χ1v) is 14.9. The molecule has 0 bridgehead atoms. The smallest absolute Gasteiger partial charge is 0.410 e. The summed E-state index contributed by atoms with van der Waals surface area (Å²) >= 11 is 12.5. The monoisotopic (exact) mass is 618 g/mol. The summed E-state index contributed by atoms with van der Waals surface area (Å²) < 4.78 is 18.8. The van der Waals surface area contributed by atoms with Gasteiger partial charge in [-0.25, -0.2) is 9.18 Å². The zero-order valence-corrected chi connectivity index (χ0v) is 24.7. The normalized spacial score (nSPS) is 23.0. The van der Waals surface area contributed by atoms with Crippen LogP contribution in [0.3, 0.4) is 0 Å². The van der Waals surface area contributed by atoms with E-state index in [0.717, 1.165) is 5.56 Å². The summed E-state index contributed by atoms with van der Waals surface area (Å²) in [4.78, 5) is 56.3. The average Bonchev–Trinajstić information content (AvgIpc) is 3.44. The Hall–Kier alpha value is -3.37. The fourth-order valence-corrected chi connectivity index (χ4v) is 6.35. The first-order chi connectivity index (χ1) is 20.1. The molecule has 3 saturated heterocycles. The second-order valence-electron chi connectivity index (χ2n) is 11.2. The molecule has 0 aliphatic carbocycles. The maximum atomic E-state index is 13.7. The van der Waals surface area contributed by atoms with Gasteiger partial charge in [0.1, 0.15) is 11.6 Å². The molecule has 3 heterocycles. The maximum Gasteiger partial charge on any atom is 0.415 e. The quantitative estimate of drug-likeness (QED) is 0.538. The number of hydrogen-bond donors (Lipinski definition) is 1. The van der Waals surface area contributed by atoms with Crippen LogP contribution in [0.4, 0.5) is 9.18 Å². The topological polar surface area (TPSA) is 99.3 Å². The van der Waals surface area contributed by atoms with E-state index in [2.05, 4.69) is 5.32 Å². The largest absolute Gasteiger partial charge is 0.415 e. The van der Waals surface area contributed by atoms with Crippen molar-refractivity contribution in [3.05, 3.63) is 63.9 Å². The number of rotatable bonds is 5. The third-order valence-corrected chi connectivity index (χ3v) is 9.29. The molecular weight excluding hydrogens is 586 g/mol. The molecule has 3 unspecified atom stereocenters. The van der Waals surface area contributed by atoms with Gasteiger partial charge in [0.05, 0.1) is 22.0 Å². The summed E-state index contributed by atoms with van der Waals surface area (Å²) in [5.41, 5.74) is 0.839. The number of hydrogen-bond acceptors (Lipinski definition) is 5. The zero-order chi connectivity index (χ0) is 30.0. The zero-order valence-electron chi connectivity index (χ0n) is 23.2. The van der Waals surface area contributed by atoms with Crippen LogP contribution in [0.5, 0.6) is 5.75 Å². The summed E-state index contributed by atoms with van der Waals surface area (Å²) in [6.07, 6.45) is 1.37. The molecule has 2 aromatic carbocycles. The van der Waals surface area contributed by atoms with Gasteiger partial charge < -0.3 is 24.8 Å². The van der Waals surface area contributed by atoms with E-state index in [-0.39, 0.29) is 41.2 Å². The number of nitrogens with zero attached hydrogens (tertiary/aromatic N) is 3. The van der Waals surface area contributed by atoms with Crippen molar-refractivity contribution < 1.29 is 28.3 Å². The van der Waals surface area contributed by atoms with Crippen LogP contribution in [0.2, 0.25) is 10.0 Å². The van der Waals surface area contributed by atoms with Crippen molar-refractivity contribution in [1.29, 1.82) is 0 Å². The van der Waals surface area contributed by atoms with Crippen LogP contribution in [0, 0.1) is 17.7 Å². The standard InChI is InChI=1S/C30H33Cl2FN4O5/c1-35(30(41)42-22-6-4-21(33)5-7-22)26-17-37(16-23(26)19-2-8-24(31)25(32)14-19)28(39)18-10-12-36(13-11-18)29(40)20-3-9-27(38)34-15-20/h2,4-8,14,18,20,23,26H,3,9-13,15-17H2,1H3,(H,34,38). The van der Waals surface area contributed by atoms with Crippen molar-refractivity contribution in [3.8, 4) is 5.75 Å². The summed E-state index contributed by atoms with van der Waals surface area (Å²) in [7, 11) is 1.62. The van der Waals surface area contributed by atoms with Gasteiger partial charge in [0.25, 0.3) is 0 Å². The fraction of sp³-hybridized carbons (Fsp3) is 0.467. The number of halogens is 3. The Morgan fingerprint density at radius 3 is 2.26 bits per heavy atom. The van der Waals surface area contributed by atoms with E-state index in [1.54, 1.807) is 29.0 Å². The van der Waals surface area contributed by atoms with Crippen LogP contribution in [0.15, 0.2) is 42.5 Å². The van der Waals surface area contributed by atoms with Crippen molar-refractivity contribution in [2.24, 2.45) is 11.8 Å². The molecule has 9 nitrogen and oxygen atoms in total. The molecule has 3 aliphatic heterocycles. The van der Waals surface area contributed by atoms with Crippen LogP contribution < -0.4 is 10.1 Å². The SMILES string of the molecule is CN(C(=O)Oc1ccc(F)cc1)C1CN(C(=O)C2CCN(C(=O)C3CCC(=O)NC3)CC2)CC1c1ccc(Cl)c(Cl)c1. The van der Waals surface area contributed by atoms with E-state index in [4.69, 9.17) is 27.9 Å². The summed E-state index contributed by atoms with van der Waals surface area (Å²) in [5, 5.41) is 3.55. The molecule has 0 radical (unpaired) electrons. The Bertz CT molecular complexity index is 1340. The molecule has 1 N–H and O–H groups in total. The van der Waals surface area contributed by atoms with Gasteiger partial charge in [-0.3, -0.25) is 14.4 Å². The maximum absolute atomic E-state index is 13.7. The highest BCUT2D eigenvalue weighted by atomic mass is 35.5. The first-order valence-electron chi connectivity index (χ1n) is 14.1. The first kappa shape index (κ1) is 30.1. The molecule has 224 valence electrons. The highest BCUT2D eigenvalue weighted by Crippen LogP contribution is 2.36. The van der Waals surface area contributed by atoms with Crippen LogP contribution >= 0.6 is 23.2 Å². The average molecular weight is 620 g/mol. The third-order valence-electron chi connectivity index (χ3n) is 8.55. The minimum absolute atomic E-state index is 0.0140. The van der Waals surface area contributed by atoms with Gasteiger partial charge >= 0.3 is 6.09 Å². The molecule has 3 aliphatic rings. The lowest BCUT2D eigenvalue weighted by molar-refractivity contribution is -0.143. The lowest BCUT2D eigenvalue weighted by Gasteiger charge is -2.36. The molecule has 0 saturated carbocycles. The lowest BCUT2D eigenvalue weighted by Crippen LogP contribution is -2.49. The van der Waals surface area contributed by atoms with Gasteiger partial charge in [-0.15, -0.1) is 0 Å². The molecule has 0 aromatic heterocycles. The van der Waals surface area contributed by atoms with E-state index < -0.39 is 18.0 Å². The number of amides is 4. The van der Waals surface area contributed by atoms with E-state index in [0.29, 0.717) is 68.5 Å². The molecule has 2 aromatic rings. The molecule has 4 amide bonds. The number of nitrogens with one attached hydrogen (secondary N) is 1. The van der Waals surface area contributed by atoms with E-state index in [9.17, 15) is 23.6 Å². The van der Waals surface area contributed by atoms with Gasteiger partial charge in [0, 0.05) is 58.0 Å². The number of piperidine rings is 2. The van der Waals surface area contributed by atoms with Crippen molar-refractivity contribution in [2.45, 2.75) is 37.6 Å². The van der Waals surface area contributed by atoms with Crippen LogP contribution in [0.25, 0.3) is 0 Å². The van der Waals surface area contributed by atoms with E-state index >= 15 is 0 Å². The van der Waals surface area contributed by atoms with Gasteiger partial charge in [-0.05, 0) is 61.2 Å². The summed E-state index contributed by atoms with van der Waals surface area (Å²) in [5.74, 6) is -0.953. The molecule has 12 heteroatoms. The fourth-order valence-electron chi connectivity index (χ4n) is 6.05. The third kappa shape index (κ3) is 6.65. The van der Waals surface area contributed by atoms with Crippen molar-refractivity contribution in [2.75, 3.05) is 39.8 Å². The van der Waals surface area contributed by atoms with Gasteiger partial charge in [0.15, 0.2) is 0 Å². The second kappa shape index (κ2) is 12.9.